The Morgan fingerprint density at radius 2 is 1.74 bits per heavy atom. The summed E-state index contributed by atoms with van der Waals surface area (Å²) >= 11 is 0. The van der Waals surface area contributed by atoms with Gasteiger partial charge < -0.3 is 4.74 Å². The van der Waals surface area contributed by atoms with Crippen LogP contribution in [0.3, 0.4) is 0 Å². The maximum Gasteiger partial charge on any atom is 0.321 e. The van der Waals surface area contributed by atoms with Gasteiger partial charge in [0.1, 0.15) is 24.8 Å². The quantitative estimate of drug-likeness (QED) is 0.816. The van der Waals surface area contributed by atoms with Crippen molar-refractivity contribution in [2.24, 2.45) is 0 Å². The summed E-state index contributed by atoms with van der Waals surface area (Å²) in [7, 11) is -3.94. The third-order valence-electron chi connectivity index (χ3n) is 2.82. The number of carbonyl (C=O) groups is 1. The van der Waals surface area contributed by atoms with Crippen LogP contribution in [0.2, 0.25) is 0 Å². The number of halogens is 2. The summed E-state index contributed by atoms with van der Waals surface area (Å²) < 4.78 is 56.4. The molecule has 0 spiro atoms. The molecule has 0 saturated heterocycles. The van der Waals surface area contributed by atoms with Crippen molar-refractivity contribution in [2.45, 2.75) is 11.5 Å². The number of benzene rings is 2. The van der Waals surface area contributed by atoms with E-state index in [1.807, 2.05) is 4.72 Å². The first-order valence-corrected chi connectivity index (χ1v) is 8.00. The van der Waals surface area contributed by atoms with Gasteiger partial charge in [-0.3, -0.25) is 4.79 Å². The van der Waals surface area contributed by atoms with E-state index in [1.165, 1.54) is 18.2 Å². The minimum Gasteiger partial charge on any atom is -0.460 e. The Morgan fingerprint density at radius 3 is 2.39 bits per heavy atom. The molecule has 5 nitrogen and oxygen atoms in total. The molecule has 0 heterocycles. The highest BCUT2D eigenvalue weighted by Crippen LogP contribution is 2.09. The van der Waals surface area contributed by atoms with Gasteiger partial charge >= 0.3 is 5.97 Å². The Bertz CT molecular complexity index is 791. The molecule has 8 heteroatoms. The van der Waals surface area contributed by atoms with Gasteiger partial charge in [0, 0.05) is 0 Å². The normalized spacial score (nSPS) is 11.2. The number of sulfonamides is 1. The van der Waals surface area contributed by atoms with Gasteiger partial charge in [-0.05, 0) is 42.0 Å². The lowest BCUT2D eigenvalue weighted by molar-refractivity contribution is -0.143. The predicted octanol–water partition coefficient (Wildman–Crippen LogP) is 1.99. The summed E-state index contributed by atoms with van der Waals surface area (Å²) in [5.74, 6) is -1.85. The van der Waals surface area contributed by atoms with Crippen molar-refractivity contribution in [3.05, 3.63) is 65.7 Å². The van der Waals surface area contributed by atoms with E-state index in [0.29, 0.717) is 5.56 Å². The number of hydrogen-bond acceptors (Lipinski definition) is 4. The molecule has 0 saturated carbocycles. The molecule has 0 aliphatic heterocycles. The molecule has 0 atom stereocenters. The zero-order chi connectivity index (χ0) is 16.9. The first-order valence-electron chi connectivity index (χ1n) is 6.52. The van der Waals surface area contributed by atoms with Gasteiger partial charge in [0.2, 0.25) is 10.0 Å². The second-order valence-corrected chi connectivity index (χ2v) is 6.34. The second kappa shape index (κ2) is 7.30. The molecule has 0 amide bonds. The Morgan fingerprint density at radius 1 is 1.04 bits per heavy atom. The van der Waals surface area contributed by atoms with Crippen molar-refractivity contribution in [1.82, 2.24) is 4.72 Å². The largest absolute Gasteiger partial charge is 0.460 e. The minimum absolute atomic E-state index is 0.170. The van der Waals surface area contributed by atoms with E-state index in [-0.39, 0.29) is 11.5 Å². The number of esters is 1. The van der Waals surface area contributed by atoms with Crippen LogP contribution >= 0.6 is 0 Å². The molecule has 2 aromatic rings. The zero-order valence-electron chi connectivity index (χ0n) is 11.8. The molecule has 0 bridgehead atoms. The summed E-state index contributed by atoms with van der Waals surface area (Å²) in [4.78, 5) is 11.4. The van der Waals surface area contributed by atoms with Crippen LogP contribution in [0.25, 0.3) is 0 Å². The molecule has 2 rings (SSSR count). The number of nitrogens with one attached hydrogen (secondary N) is 1. The van der Waals surface area contributed by atoms with Gasteiger partial charge in [-0.1, -0.05) is 12.1 Å². The summed E-state index contributed by atoms with van der Waals surface area (Å²) in [6, 6.07) is 9.64. The Labute approximate surface area is 132 Å². The first-order chi connectivity index (χ1) is 10.9. The number of rotatable bonds is 6. The lowest BCUT2D eigenvalue weighted by Crippen LogP contribution is -2.30. The van der Waals surface area contributed by atoms with Crippen LogP contribution in [0.4, 0.5) is 8.78 Å². The van der Waals surface area contributed by atoms with Crippen LogP contribution in [0, 0.1) is 11.6 Å². The summed E-state index contributed by atoms with van der Waals surface area (Å²) in [5, 5.41) is 0. The van der Waals surface area contributed by atoms with Gasteiger partial charge in [-0.15, -0.1) is 0 Å². The monoisotopic (exact) mass is 341 g/mol. The van der Waals surface area contributed by atoms with Crippen LogP contribution in [0.15, 0.2) is 53.4 Å². The molecule has 0 aliphatic rings. The van der Waals surface area contributed by atoms with E-state index >= 15 is 0 Å². The van der Waals surface area contributed by atoms with E-state index in [2.05, 4.69) is 0 Å². The van der Waals surface area contributed by atoms with Crippen molar-refractivity contribution < 1.29 is 26.7 Å². The van der Waals surface area contributed by atoms with Gasteiger partial charge in [-0.2, -0.15) is 4.72 Å². The Hall–Kier alpha value is -2.32. The van der Waals surface area contributed by atoms with Gasteiger partial charge in [0.05, 0.1) is 4.90 Å². The molecular formula is C15H13F2NO4S. The molecule has 23 heavy (non-hydrogen) atoms. The standard InChI is InChI=1S/C15H13F2NO4S/c16-12-4-6-14(7-5-12)23(20,21)18-9-15(19)22-10-11-2-1-3-13(17)8-11/h1-8,18H,9-10H2. The van der Waals surface area contributed by atoms with Crippen molar-refractivity contribution >= 4 is 16.0 Å². The fourth-order valence-electron chi connectivity index (χ4n) is 1.69. The highest BCUT2D eigenvalue weighted by atomic mass is 32.2. The first kappa shape index (κ1) is 17.0. The maximum absolute atomic E-state index is 13.0. The fourth-order valence-corrected chi connectivity index (χ4v) is 2.66. The summed E-state index contributed by atoms with van der Waals surface area (Å²) in [6.07, 6.45) is 0. The Balaban J connectivity index is 1.87. The van der Waals surface area contributed by atoms with E-state index in [9.17, 15) is 22.0 Å². The third-order valence-corrected chi connectivity index (χ3v) is 4.24. The molecule has 0 fully saturated rings. The van der Waals surface area contributed by atoms with Crippen molar-refractivity contribution in [1.29, 1.82) is 0 Å². The zero-order valence-corrected chi connectivity index (χ0v) is 12.6. The van der Waals surface area contributed by atoms with Crippen LogP contribution in [-0.4, -0.2) is 20.9 Å². The highest BCUT2D eigenvalue weighted by Gasteiger charge is 2.16. The molecule has 122 valence electrons. The van der Waals surface area contributed by atoms with Crippen LogP contribution < -0.4 is 4.72 Å². The second-order valence-electron chi connectivity index (χ2n) is 4.57. The molecular weight excluding hydrogens is 328 g/mol. The predicted molar refractivity (Wildman–Crippen MR) is 77.8 cm³/mol. The molecule has 0 radical (unpaired) electrons. The highest BCUT2D eigenvalue weighted by molar-refractivity contribution is 7.89. The van der Waals surface area contributed by atoms with Crippen molar-refractivity contribution in [2.75, 3.05) is 6.54 Å². The Kier molecular flexibility index (Phi) is 5.41. The van der Waals surface area contributed by atoms with Crippen molar-refractivity contribution in [3.8, 4) is 0 Å². The lowest BCUT2D eigenvalue weighted by Gasteiger charge is -2.07. The third kappa shape index (κ3) is 5.11. The number of hydrogen-bond donors (Lipinski definition) is 1. The molecule has 2 aromatic carbocycles. The van der Waals surface area contributed by atoms with Gasteiger partial charge in [0.15, 0.2) is 0 Å². The van der Waals surface area contributed by atoms with Crippen LogP contribution in [0.1, 0.15) is 5.56 Å². The number of ether oxygens (including phenoxy) is 1. The smallest absolute Gasteiger partial charge is 0.321 e. The summed E-state index contributed by atoms with van der Waals surface area (Å²) in [6.45, 7) is -0.760. The van der Waals surface area contributed by atoms with Crippen molar-refractivity contribution in [3.63, 3.8) is 0 Å². The average Bonchev–Trinajstić information content (AvgIpc) is 2.51. The van der Waals surface area contributed by atoms with E-state index in [0.717, 1.165) is 24.3 Å². The average molecular weight is 341 g/mol. The lowest BCUT2D eigenvalue weighted by atomic mass is 10.2. The SMILES string of the molecule is O=C(CNS(=O)(=O)c1ccc(F)cc1)OCc1cccc(F)c1. The van der Waals surface area contributed by atoms with Crippen LogP contribution in [-0.2, 0) is 26.2 Å². The minimum atomic E-state index is -3.94. The molecule has 0 aromatic heterocycles. The van der Waals surface area contributed by atoms with Crippen LogP contribution in [0.5, 0.6) is 0 Å². The maximum atomic E-state index is 13.0. The van der Waals surface area contributed by atoms with E-state index in [4.69, 9.17) is 4.74 Å². The van der Waals surface area contributed by atoms with Gasteiger partial charge in [0.25, 0.3) is 0 Å². The van der Waals surface area contributed by atoms with Gasteiger partial charge in [-0.25, -0.2) is 17.2 Å². The summed E-state index contributed by atoms with van der Waals surface area (Å²) in [5.41, 5.74) is 0.444. The van der Waals surface area contributed by atoms with E-state index < -0.39 is 34.2 Å². The molecule has 0 aliphatic carbocycles. The molecule has 0 unspecified atom stereocenters. The number of carbonyl (C=O) groups excluding carboxylic acids is 1. The van der Waals surface area contributed by atoms with E-state index in [1.54, 1.807) is 6.07 Å². The molecule has 1 N–H and O–H groups in total. The topological polar surface area (TPSA) is 72.5 Å². The fraction of sp³-hybridized carbons (Fsp3) is 0.133.